The van der Waals surface area contributed by atoms with E-state index >= 15 is 0 Å². The van der Waals surface area contributed by atoms with E-state index < -0.39 is 17.7 Å². The van der Waals surface area contributed by atoms with Crippen molar-refractivity contribution in [3.8, 4) is 11.5 Å². The van der Waals surface area contributed by atoms with E-state index in [4.69, 9.17) is 19.0 Å². The van der Waals surface area contributed by atoms with Gasteiger partial charge in [0, 0.05) is 54.2 Å². The molecule has 9 nitrogen and oxygen atoms in total. The maximum absolute atomic E-state index is 14.6. The molecule has 2 saturated carbocycles. The van der Waals surface area contributed by atoms with E-state index in [1.54, 1.807) is 37.1 Å². The number of carbonyl (C=O) groups excluding carboxylic acids is 1. The number of rotatable bonds is 21. The molecule has 3 aromatic rings. The van der Waals surface area contributed by atoms with Gasteiger partial charge >= 0.3 is 0 Å². The predicted molar refractivity (Wildman–Crippen MR) is 224 cm³/mol. The van der Waals surface area contributed by atoms with E-state index in [1.165, 1.54) is 17.0 Å². The number of allylic oxidation sites excluding steroid dienone is 1. The molecule has 2 fully saturated rings. The first kappa shape index (κ1) is 42.0. The Balaban J connectivity index is 1.36. The van der Waals surface area contributed by atoms with Gasteiger partial charge in [-0.25, -0.2) is 4.39 Å². The highest BCUT2D eigenvalue weighted by Gasteiger charge is 2.66. The normalized spacial score (nSPS) is 25.2. The molecule has 3 aliphatic carbocycles. The molecular formula is C47H57FN2O7S. The largest absolute Gasteiger partial charge is 0.493 e. The number of fused-ring (bicyclic) bond motifs is 2. The van der Waals surface area contributed by atoms with E-state index in [9.17, 15) is 19.4 Å². The minimum atomic E-state index is -1.35. The van der Waals surface area contributed by atoms with Crippen LogP contribution in [0.3, 0.4) is 0 Å². The maximum atomic E-state index is 14.6. The highest BCUT2D eigenvalue weighted by molar-refractivity contribution is 7.99. The Kier molecular flexibility index (Phi) is 14.3. The lowest BCUT2D eigenvalue weighted by atomic mass is 9.55. The molecule has 1 amide bonds. The van der Waals surface area contributed by atoms with Crippen molar-refractivity contribution in [3.05, 3.63) is 114 Å². The van der Waals surface area contributed by atoms with Gasteiger partial charge in [-0.2, -0.15) is 0 Å². The molecular weight excluding hydrogens is 756 g/mol. The number of hydrogen-bond acceptors (Lipinski definition) is 9. The van der Waals surface area contributed by atoms with E-state index in [-0.39, 0.29) is 61.8 Å². The molecule has 7 rings (SSSR count). The minimum absolute atomic E-state index is 0.0142. The highest BCUT2D eigenvalue weighted by Crippen LogP contribution is 2.62. The number of benzene rings is 3. The first-order chi connectivity index (χ1) is 28.4. The van der Waals surface area contributed by atoms with Crippen LogP contribution in [0.5, 0.6) is 11.5 Å². The van der Waals surface area contributed by atoms with Crippen molar-refractivity contribution >= 4 is 23.4 Å². The summed E-state index contributed by atoms with van der Waals surface area (Å²) in [5.74, 6) is 0.0783. The second kappa shape index (κ2) is 19.7. The summed E-state index contributed by atoms with van der Waals surface area (Å²) in [6, 6.07) is 22.0. The van der Waals surface area contributed by atoms with Crippen LogP contribution < -0.4 is 9.47 Å². The predicted octanol–water partition coefficient (Wildman–Crippen LogP) is 8.70. The number of unbranched alkanes of at least 4 members (excludes halogenated alkanes) is 2. The molecule has 0 unspecified atom stereocenters. The third-order valence-corrected chi connectivity index (χ3v) is 13.0. The molecule has 6 atom stereocenters. The van der Waals surface area contributed by atoms with Crippen LogP contribution >= 0.6 is 11.8 Å². The van der Waals surface area contributed by atoms with Crippen LogP contribution in [0.2, 0.25) is 0 Å². The van der Waals surface area contributed by atoms with Gasteiger partial charge in [0.05, 0.1) is 24.8 Å². The van der Waals surface area contributed by atoms with Crippen molar-refractivity contribution in [3.63, 3.8) is 0 Å². The van der Waals surface area contributed by atoms with Gasteiger partial charge in [0.25, 0.3) is 0 Å². The molecule has 0 bridgehead atoms. The van der Waals surface area contributed by atoms with E-state index in [2.05, 4.69) is 36.0 Å². The topological polar surface area (TPSA) is 110 Å². The summed E-state index contributed by atoms with van der Waals surface area (Å²) in [5.41, 5.74) is 3.54. The van der Waals surface area contributed by atoms with E-state index in [0.717, 1.165) is 72.4 Å². The van der Waals surface area contributed by atoms with Gasteiger partial charge in [0.2, 0.25) is 11.7 Å². The van der Waals surface area contributed by atoms with Crippen LogP contribution in [0, 0.1) is 29.5 Å². The number of aliphatic hydroxyl groups excluding tert-OH is 2. The molecule has 1 aliphatic heterocycles. The monoisotopic (exact) mass is 812 g/mol. The van der Waals surface area contributed by atoms with Gasteiger partial charge < -0.3 is 34.2 Å². The summed E-state index contributed by atoms with van der Waals surface area (Å²) in [6.07, 6.45) is 10.7. The lowest BCUT2D eigenvalue weighted by molar-refractivity contribution is -0.258. The SMILES string of the molecule is C=CCO[C@@]12Oc3ccc(OCCSc4ccccc4)cc3[C@H]3[C@H](CCCCO)[C@@H](CCCCO)C=C(C(=NOC)C[C@@H]1N(Cc1ccc(F)cc1)C(=O)C1CC1)[C@H]32. The van der Waals surface area contributed by atoms with Crippen LogP contribution in [0.15, 0.2) is 107 Å². The molecule has 310 valence electrons. The van der Waals surface area contributed by atoms with Crippen LogP contribution in [0.4, 0.5) is 4.39 Å². The second-order valence-electron chi connectivity index (χ2n) is 15.8. The Labute approximate surface area is 346 Å². The quantitative estimate of drug-likeness (QED) is 0.0476. The number of amides is 1. The van der Waals surface area contributed by atoms with Gasteiger partial charge in [-0.3, -0.25) is 4.79 Å². The van der Waals surface area contributed by atoms with Gasteiger partial charge in [-0.1, -0.05) is 60.5 Å². The molecule has 0 saturated heterocycles. The van der Waals surface area contributed by atoms with E-state index in [0.29, 0.717) is 31.6 Å². The Morgan fingerprint density at radius 1 is 1.03 bits per heavy atom. The van der Waals surface area contributed by atoms with Crippen molar-refractivity contribution in [2.24, 2.45) is 28.8 Å². The number of carbonyl (C=O) groups is 1. The fourth-order valence-electron chi connectivity index (χ4n) is 9.38. The van der Waals surface area contributed by atoms with Crippen molar-refractivity contribution < 1.29 is 38.4 Å². The number of nitrogens with zero attached hydrogens (tertiary/aromatic N) is 2. The molecule has 2 N–H and O–H groups in total. The maximum Gasteiger partial charge on any atom is 0.239 e. The van der Waals surface area contributed by atoms with Crippen LogP contribution in [-0.4, -0.2) is 77.9 Å². The zero-order valence-electron chi connectivity index (χ0n) is 33.5. The van der Waals surface area contributed by atoms with Crippen LogP contribution in [-0.2, 0) is 20.9 Å². The first-order valence-corrected chi connectivity index (χ1v) is 21.9. The third kappa shape index (κ3) is 9.33. The van der Waals surface area contributed by atoms with Crippen molar-refractivity contribution in [2.45, 2.75) is 87.0 Å². The number of oxime groups is 1. The second-order valence-corrected chi connectivity index (χ2v) is 17.0. The fourth-order valence-corrected chi connectivity index (χ4v) is 10.1. The molecule has 0 radical (unpaired) electrons. The average molecular weight is 813 g/mol. The van der Waals surface area contributed by atoms with Gasteiger partial charge in [-0.15, -0.1) is 18.3 Å². The van der Waals surface area contributed by atoms with Gasteiger partial charge in [0.1, 0.15) is 30.5 Å². The Hall–Kier alpha value is -4.16. The number of aliphatic hydroxyl groups is 2. The minimum Gasteiger partial charge on any atom is -0.493 e. The summed E-state index contributed by atoms with van der Waals surface area (Å²) in [4.78, 5) is 23.3. The number of hydrogen-bond donors (Lipinski definition) is 2. The summed E-state index contributed by atoms with van der Waals surface area (Å²) in [6.45, 7) is 5.19. The van der Waals surface area contributed by atoms with Gasteiger partial charge in [-0.05, 0) is 104 Å². The van der Waals surface area contributed by atoms with Crippen LogP contribution in [0.25, 0.3) is 0 Å². The average Bonchev–Trinajstić information content (AvgIpc) is 4.10. The summed E-state index contributed by atoms with van der Waals surface area (Å²) in [7, 11) is 1.55. The standard InChI is InChI=1S/C47H57FN2O7S/c1-3-25-56-47-43(50(46(53)33-17-18-33)31-32-15-19-35(48)20-16-32)30-41(49-54-2)39-28-34(11-7-9-23-51)38(14-8-10-24-52)44(45(39)47)40-29-36(21-22-42(40)57-47)55-26-27-58-37-12-5-4-6-13-37/h3-6,12-13,15-16,19-22,28-29,33-34,38,43-45,51-52H,1,7-11,14,17-18,23-27,30-31H2,2H3/t34-,38+,43-,44+,45+,47+/m0/s1. The smallest absolute Gasteiger partial charge is 0.239 e. The fraction of sp³-hybridized carbons (Fsp3) is 0.489. The summed E-state index contributed by atoms with van der Waals surface area (Å²) in [5, 5.41) is 24.4. The lowest BCUT2D eigenvalue weighted by Crippen LogP contribution is -2.70. The van der Waals surface area contributed by atoms with Crippen LogP contribution in [0.1, 0.15) is 74.8 Å². The van der Waals surface area contributed by atoms with Gasteiger partial charge in [0.15, 0.2) is 0 Å². The zero-order valence-corrected chi connectivity index (χ0v) is 34.3. The molecule has 1 heterocycles. The van der Waals surface area contributed by atoms with Crippen molar-refractivity contribution in [1.82, 2.24) is 4.90 Å². The van der Waals surface area contributed by atoms with E-state index in [1.807, 2.05) is 35.2 Å². The molecule has 11 heteroatoms. The molecule has 0 aromatic heterocycles. The Morgan fingerprint density at radius 3 is 2.50 bits per heavy atom. The highest BCUT2D eigenvalue weighted by atomic mass is 32.2. The Bertz CT molecular complexity index is 1900. The number of halogens is 1. The lowest BCUT2D eigenvalue weighted by Gasteiger charge is -2.60. The molecule has 4 aliphatic rings. The number of thioether (sulfide) groups is 1. The molecule has 3 aromatic carbocycles. The zero-order chi connectivity index (χ0) is 40.5. The molecule has 0 spiro atoms. The summed E-state index contributed by atoms with van der Waals surface area (Å²) >= 11 is 1.75. The number of ether oxygens (including phenoxy) is 3. The third-order valence-electron chi connectivity index (χ3n) is 12.1. The van der Waals surface area contributed by atoms with Crippen molar-refractivity contribution in [1.29, 1.82) is 0 Å². The first-order valence-electron chi connectivity index (χ1n) is 20.9. The Morgan fingerprint density at radius 2 is 1.79 bits per heavy atom. The summed E-state index contributed by atoms with van der Waals surface area (Å²) < 4.78 is 35.0. The molecule has 58 heavy (non-hydrogen) atoms. The van der Waals surface area contributed by atoms with Crippen molar-refractivity contribution in [2.75, 3.05) is 39.3 Å².